The minimum absolute atomic E-state index is 0.526. The van der Waals surface area contributed by atoms with Gasteiger partial charge in [0, 0.05) is 4.47 Å². The normalized spacial score (nSPS) is 37.6. The van der Waals surface area contributed by atoms with Crippen molar-refractivity contribution in [2.75, 3.05) is 0 Å². The van der Waals surface area contributed by atoms with Crippen molar-refractivity contribution in [3.8, 4) is 0 Å². The van der Waals surface area contributed by atoms with E-state index in [9.17, 15) is 0 Å². The van der Waals surface area contributed by atoms with Crippen LogP contribution in [0.5, 0.6) is 0 Å². The number of halogens is 1. The molecule has 0 aliphatic heterocycles. The van der Waals surface area contributed by atoms with Gasteiger partial charge in [0.2, 0.25) is 0 Å². The molecule has 0 radical (unpaired) electrons. The van der Waals surface area contributed by atoms with E-state index in [2.05, 4.69) is 47.1 Å². The molecule has 0 amide bonds. The summed E-state index contributed by atoms with van der Waals surface area (Å²) in [6.45, 7) is 2.48. The Kier molecular flexibility index (Phi) is 2.43. The molecule has 0 aromatic heterocycles. The second kappa shape index (κ2) is 3.60. The molecule has 0 saturated heterocycles. The van der Waals surface area contributed by atoms with Crippen LogP contribution in [0.15, 0.2) is 28.7 Å². The second-order valence-corrected chi connectivity index (χ2v) is 7.01. The summed E-state index contributed by atoms with van der Waals surface area (Å²) < 4.78 is 1.20. The van der Waals surface area contributed by atoms with Crippen LogP contribution in [0.1, 0.15) is 51.0 Å². The molecule has 2 bridgehead atoms. The van der Waals surface area contributed by atoms with Gasteiger partial charge in [-0.1, -0.05) is 35.0 Å². The first-order valence-corrected chi connectivity index (χ1v) is 7.17. The van der Waals surface area contributed by atoms with Gasteiger partial charge >= 0.3 is 0 Å². The van der Waals surface area contributed by atoms with Crippen LogP contribution in [0.25, 0.3) is 0 Å². The van der Waals surface area contributed by atoms with Gasteiger partial charge in [-0.15, -0.1) is 0 Å². The van der Waals surface area contributed by atoms with Gasteiger partial charge in [-0.25, -0.2) is 0 Å². The van der Waals surface area contributed by atoms with E-state index in [0.717, 1.165) is 0 Å². The van der Waals surface area contributed by atoms with Crippen molar-refractivity contribution in [1.82, 2.24) is 0 Å². The van der Waals surface area contributed by atoms with Gasteiger partial charge < -0.3 is 0 Å². The zero-order valence-corrected chi connectivity index (χ0v) is 11.5. The Balaban J connectivity index is 1.92. The van der Waals surface area contributed by atoms with E-state index in [-0.39, 0.29) is 0 Å². The Morgan fingerprint density at radius 1 is 0.875 bits per heavy atom. The maximum Gasteiger partial charge on any atom is 0.0175 e. The zero-order chi connectivity index (χ0) is 11.2. The first-order valence-electron chi connectivity index (χ1n) is 6.38. The molecule has 86 valence electrons. The number of benzene rings is 1. The standard InChI is InChI=1S/C15H19Br/c1-14-6-9-15(10-7-14,11-8-14)12-2-4-13(16)5-3-12/h2-5H,6-11H2,1H3. The van der Waals surface area contributed by atoms with Crippen LogP contribution in [-0.4, -0.2) is 0 Å². The fourth-order valence-electron chi connectivity index (χ4n) is 3.61. The smallest absolute Gasteiger partial charge is 0.0175 e. The van der Waals surface area contributed by atoms with Gasteiger partial charge in [-0.2, -0.15) is 0 Å². The minimum atomic E-state index is 0.526. The molecule has 0 nitrogen and oxygen atoms in total. The fourth-order valence-corrected chi connectivity index (χ4v) is 3.87. The monoisotopic (exact) mass is 278 g/mol. The molecule has 0 unspecified atom stereocenters. The summed E-state index contributed by atoms with van der Waals surface area (Å²) in [5.41, 5.74) is 2.78. The highest BCUT2D eigenvalue weighted by molar-refractivity contribution is 9.10. The zero-order valence-electron chi connectivity index (χ0n) is 9.93. The summed E-state index contributed by atoms with van der Waals surface area (Å²) >= 11 is 3.53. The third-order valence-corrected chi connectivity index (χ3v) is 5.61. The van der Waals surface area contributed by atoms with Crippen LogP contribution < -0.4 is 0 Å². The van der Waals surface area contributed by atoms with Crippen molar-refractivity contribution in [1.29, 1.82) is 0 Å². The third-order valence-electron chi connectivity index (χ3n) is 5.08. The maximum atomic E-state index is 3.53. The minimum Gasteiger partial charge on any atom is -0.0596 e. The molecule has 0 spiro atoms. The van der Waals surface area contributed by atoms with Crippen LogP contribution in [0, 0.1) is 5.41 Å². The summed E-state index contributed by atoms with van der Waals surface area (Å²) in [6, 6.07) is 9.06. The Morgan fingerprint density at radius 3 is 1.88 bits per heavy atom. The number of rotatable bonds is 1. The number of fused-ring (bicyclic) bond motifs is 3. The van der Waals surface area contributed by atoms with Crippen molar-refractivity contribution in [3.05, 3.63) is 34.3 Å². The van der Waals surface area contributed by atoms with Gasteiger partial charge in [-0.3, -0.25) is 0 Å². The van der Waals surface area contributed by atoms with E-state index in [1.165, 1.54) is 43.0 Å². The summed E-state index contributed by atoms with van der Waals surface area (Å²) in [7, 11) is 0. The van der Waals surface area contributed by atoms with E-state index >= 15 is 0 Å². The molecule has 3 fully saturated rings. The fraction of sp³-hybridized carbons (Fsp3) is 0.600. The highest BCUT2D eigenvalue weighted by Crippen LogP contribution is 2.57. The van der Waals surface area contributed by atoms with Crippen molar-refractivity contribution in [3.63, 3.8) is 0 Å². The van der Waals surface area contributed by atoms with Crippen molar-refractivity contribution in [2.24, 2.45) is 5.41 Å². The topological polar surface area (TPSA) is 0 Å². The van der Waals surface area contributed by atoms with Crippen LogP contribution >= 0.6 is 15.9 Å². The van der Waals surface area contributed by atoms with E-state index in [1.54, 1.807) is 5.56 Å². The lowest BCUT2D eigenvalue weighted by molar-refractivity contribution is 0.0556. The van der Waals surface area contributed by atoms with E-state index in [1.807, 2.05) is 0 Å². The highest BCUT2D eigenvalue weighted by atomic mass is 79.9. The molecule has 1 aromatic rings. The van der Waals surface area contributed by atoms with E-state index in [4.69, 9.17) is 0 Å². The molecule has 3 aliphatic rings. The van der Waals surface area contributed by atoms with Gasteiger partial charge in [-0.05, 0) is 67.1 Å². The summed E-state index contributed by atoms with van der Waals surface area (Å²) in [6.07, 6.45) is 8.52. The molecule has 3 aliphatic carbocycles. The van der Waals surface area contributed by atoms with Crippen LogP contribution in [0.3, 0.4) is 0 Å². The van der Waals surface area contributed by atoms with Crippen molar-refractivity contribution in [2.45, 2.75) is 50.9 Å². The first kappa shape index (κ1) is 10.8. The molecule has 0 N–H and O–H groups in total. The number of hydrogen-bond donors (Lipinski definition) is 0. The second-order valence-electron chi connectivity index (χ2n) is 6.10. The SMILES string of the molecule is CC12CCC(c3ccc(Br)cc3)(CC1)CC2. The molecule has 0 heterocycles. The quantitative estimate of drug-likeness (QED) is 0.674. The lowest BCUT2D eigenvalue weighted by atomic mass is 9.52. The first-order chi connectivity index (χ1) is 7.62. The summed E-state index contributed by atoms with van der Waals surface area (Å²) in [5, 5.41) is 0. The molecule has 0 atom stereocenters. The average molecular weight is 279 g/mol. The summed E-state index contributed by atoms with van der Waals surface area (Å²) in [4.78, 5) is 0. The predicted molar refractivity (Wildman–Crippen MR) is 71.6 cm³/mol. The Bertz CT molecular complexity index is 366. The maximum absolute atomic E-state index is 3.53. The highest BCUT2D eigenvalue weighted by Gasteiger charge is 2.46. The van der Waals surface area contributed by atoms with Gasteiger partial charge in [0.1, 0.15) is 0 Å². The third kappa shape index (κ3) is 1.64. The molecule has 1 aromatic carbocycles. The molecular formula is C15H19Br. The molecule has 1 heteroatoms. The molecule has 3 saturated carbocycles. The molecule has 4 rings (SSSR count). The predicted octanol–water partition coefficient (Wildman–Crippen LogP) is 5.06. The van der Waals surface area contributed by atoms with E-state index < -0.39 is 0 Å². The Morgan fingerprint density at radius 2 is 1.38 bits per heavy atom. The Labute approximate surface area is 107 Å². The average Bonchev–Trinajstić information content (AvgIpc) is 2.31. The lowest BCUT2D eigenvalue weighted by Crippen LogP contribution is -2.42. The van der Waals surface area contributed by atoms with E-state index in [0.29, 0.717) is 10.8 Å². The number of hydrogen-bond acceptors (Lipinski definition) is 0. The largest absolute Gasteiger partial charge is 0.0596 e. The van der Waals surface area contributed by atoms with Gasteiger partial charge in [0.25, 0.3) is 0 Å². The van der Waals surface area contributed by atoms with Gasteiger partial charge in [0.05, 0.1) is 0 Å². The van der Waals surface area contributed by atoms with Crippen LogP contribution in [0.4, 0.5) is 0 Å². The van der Waals surface area contributed by atoms with Gasteiger partial charge in [0.15, 0.2) is 0 Å². The van der Waals surface area contributed by atoms with Crippen LogP contribution in [-0.2, 0) is 5.41 Å². The van der Waals surface area contributed by atoms with Crippen LogP contribution in [0.2, 0.25) is 0 Å². The van der Waals surface area contributed by atoms with Crippen molar-refractivity contribution < 1.29 is 0 Å². The van der Waals surface area contributed by atoms with Crippen molar-refractivity contribution >= 4 is 15.9 Å². The lowest BCUT2D eigenvalue weighted by Gasteiger charge is -2.52. The molecular weight excluding hydrogens is 260 g/mol. The summed E-state index contributed by atoms with van der Waals surface area (Å²) in [5.74, 6) is 0. The Hall–Kier alpha value is -0.300. The molecule has 16 heavy (non-hydrogen) atoms.